The van der Waals surface area contributed by atoms with Gasteiger partial charge in [-0.25, -0.2) is 14.3 Å². The summed E-state index contributed by atoms with van der Waals surface area (Å²) >= 11 is 0. The zero-order valence-electron chi connectivity index (χ0n) is 44.3. The topological polar surface area (TPSA) is 255 Å². The smallest absolute Gasteiger partial charge is 0.465 e. The summed E-state index contributed by atoms with van der Waals surface area (Å²) in [4.78, 5) is 74.6. The van der Waals surface area contributed by atoms with Crippen LogP contribution in [0.25, 0.3) is 33.5 Å². The van der Waals surface area contributed by atoms with E-state index >= 15 is 0 Å². The Kier molecular flexibility index (Phi) is 16.8. The minimum atomic E-state index is -1.83. The van der Waals surface area contributed by atoms with Crippen LogP contribution in [0.15, 0.2) is 168 Å². The van der Waals surface area contributed by atoms with Gasteiger partial charge in [-0.1, -0.05) is 146 Å². The van der Waals surface area contributed by atoms with Crippen molar-refractivity contribution in [2.75, 3.05) is 26.4 Å². The molecule has 0 radical (unpaired) electrons. The van der Waals surface area contributed by atoms with E-state index in [0.717, 1.165) is 38.9 Å². The number of para-hydroxylation sites is 1. The van der Waals surface area contributed by atoms with Gasteiger partial charge in [0.1, 0.15) is 17.7 Å². The Morgan fingerprint density at radius 3 is 1.95 bits per heavy atom. The number of tetrazole rings is 1. The molecular formula is C59H56N8O14. The number of hydrogen-bond acceptors (Lipinski definition) is 20. The molecule has 22 nitrogen and oxygen atoms in total. The lowest BCUT2D eigenvalue weighted by Gasteiger charge is -2.36. The summed E-state index contributed by atoms with van der Waals surface area (Å²) in [7, 11) is 0. The standard InChI is InChI=1S/C59H56N8O14/c1-4-73-56-60-47-28-17-27-46(55(69)79-58(2,3)80-57(70)78-49-37-75-52-48(36-74-53(49)52)77-50(68)29-16-24-43(81-65-72)35-76-64-71)51(47)66(56)34-38-30-32-39(33-31-38)44-25-14-15-26-45(44)54-61-62-63-67(54)59(40-18-8-5-9-19-40,41-20-10-6-11-21-41)42-22-12-7-13-23-42/h5-15,17-23,25-28,30-33,43,48-49,52-53H,4,16,24,29,34-37H2,1-3H3/t43?,48-,49-,52-,53-/m1/s1. The molecule has 0 aliphatic carbocycles. The van der Waals surface area contributed by atoms with E-state index in [9.17, 15) is 24.2 Å². The SMILES string of the molecule is CCOc1nc2cccc(C(=O)OC(C)(C)OC(=O)O[C@@H]3CO[C@H]4[C@@H]3OC[C@H]4OC(=O)CCCC(CON=O)ON=O)c2n1Cc1ccc(-c2ccccc2-c2nnnn2C(c2ccccc2)(c2ccccc2)c2ccccc2)cc1. The molecule has 0 spiro atoms. The van der Waals surface area contributed by atoms with Crippen LogP contribution < -0.4 is 4.74 Å². The lowest BCUT2D eigenvalue weighted by Crippen LogP contribution is -2.39. The number of rotatable bonds is 24. The molecule has 2 aromatic heterocycles. The number of carbonyl (C=O) groups is 3. The van der Waals surface area contributed by atoms with Crippen molar-refractivity contribution in [3.63, 3.8) is 0 Å². The molecule has 8 aromatic rings. The monoisotopic (exact) mass is 1100 g/mol. The van der Waals surface area contributed by atoms with E-state index in [0.29, 0.717) is 23.5 Å². The lowest BCUT2D eigenvalue weighted by atomic mass is 9.77. The molecule has 6 aromatic carbocycles. The molecule has 4 heterocycles. The first-order valence-electron chi connectivity index (χ1n) is 26.3. The van der Waals surface area contributed by atoms with Crippen LogP contribution in [-0.2, 0) is 55.0 Å². The largest absolute Gasteiger partial charge is 0.512 e. The number of ether oxygens (including phenoxy) is 7. The number of nitrogens with zero attached hydrogens (tertiary/aromatic N) is 8. The van der Waals surface area contributed by atoms with E-state index in [2.05, 4.69) is 62.0 Å². The van der Waals surface area contributed by atoms with E-state index in [-0.39, 0.29) is 57.2 Å². The fourth-order valence-corrected chi connectivity index (χ4v) is 10.4. The zero-order chi connectivity index (χ0) is 56.3. The molecule has 2 aliphatic heterocycles. The van der Waals surface area contributed by atoms with E-state index in [1.807, 2.05) is 115 Å². The first-order chi connectivity index (χ1) is 39.5. The van der Waals surface area contributed by atoms with Gasteiger partial charge in [-0.05, 0) is 75.7 Å². The highest BCUT2D eigenvalue weighted by Gasteiger charge is 2.52. The minimum Gasteiger partial charge on any atom is -0.465 e. The summed E-state index contributed by atoms with van der Waals surface area (Å²) in [5.41, 5.74) is 6.50. The highest BCUT2D eigenvalue weighted by Crippen LogP contribution is 2.44. The number of esters is 2. The Hall–Kier alpha value is -9.41. The highest BCUT2D eigenvalue weighted by atomic mass is 16.8. The molecule has 416 valence electrons. The molecule has 22 heteroatoms. The van der Waals surface area contributed by atoms with Gasteiger partial charge >= 0.3 is 18.1 Å². The summed E-state index contributed by atoms with van der Waals surface area (Å²) in [6.07, 6.45) is -4.99. The summed E-state index contributed by atoms with van der Waals surface area (Å²) in [6, 6.07) is 52.1. The van der Waals surface area contributed by atoms with Crippen molar-refractivity contribution < 1.29 is 57.2 Å². The molecule has 0 bridgehead atoms. The van der Waals surface area contributed by atoms with Crippen LogP contribution in [0.1, 0.15) is 72.6 Å². The molecule has 0 amide bonds. The Bertz CT molecular complexity index is 3370. The van der Waals surface area contributed by atoms with E-state index < -0.39 is 59.9 Å². The normalized spacial score (nSPS) is 17.1. The maximum atomic E-state index is 14.2. The quantitative estimate of drug-likeness (QED) is 0.0136. The maximum absolute atomic E-state index is 14.2. The number of aromatic nitrogens is 6. The molecule has 10 rings (SSSR count). The molecular weight excluding hydrogens is 1040 g/mol. The van der Waals surface area contributed by atoms with Gasteiger partial charge < -0.3 is 42.8 Å². The van der Waals surface area contributed by atoms with Crippen LogP contribution in [0.4, 0.5) is 4.79 Å². The summed E-state index contributed by atoms with van der Waals surface area (Å²) in [5, 5.41) is 18.4. The molecule has 81 heavy (non-hydrogen) atoms. The maximum Gasteiger partial charge on any atom is 0.512 e. The fraction of sp³-hybridized carbons (Fsp3) is 0.305. The van der Waals surface area contributed by atoms with Crippen LogP contribution >= 0.6 is 0 Å². The molecule has 5 atom stereocenters. The van der Waals surface area contributed by atoms with Crippen molar-refractivity contribution in [3.8, 4) is 28.5 Å². The van der Waals surface area contributed by atoms with Crippen molar-refractivity contribution in [2.24, 2.45) is 10.7 Å². The van der Waals surface area contributed by atoms with Gasteiger partial charge in [0.25, 0.3) is 11.8 Å². The number of benzene rings is 6. The number of fused-ring (bicyclic) bond motifs is 2. The first kappa shape index (κ1) is 54.9. The van der Waals surface area contributed by atoms with E-state index in [4.69, 9.17) is 48.5 Å². The summed E-state index contributed by atoms with van der Waals surface area (Å²) in [6.45, 7) is 4.75. The van der Waals surface area contributed by atoms with Gasteiger partial charge in [-0.15, -0.1) is 14.9 Å². The third kappa shape index (κ3) is 11.8. The Labute approximate surface area is 464 Å². The first-order valence-corrected chi connectivity index (χ1v) is 26.3. The van der Waals surface area contributed by atoms with Crippen molar-refractivity contribution >= 4 is 29.1 Å². The second-order valence-electron chi connectivity index (χ2n) is 19.5. The Morgan fingerprint density at radius 1 is 0.716 bits per heavy atom. The fourth-order valence-electron chi connectivity index (χ4n) is 10.4. The molecule has 1 unspecified atom stereocenters. The number of carbonyl (C=O) groups excluding carboxylic acids is 3. The zero-order valence-corrected chi connectivity index (χ0v) is 44.3. The minimum absolute atomic E-state index is 0.0301. The van der Waals surface area contributed by atoms with Gasteiger partial charge in [0.2, 0.25) is 0 Å². The van der Waals surface area contributed by atoms with Crippen LogP contribution in [0.3, 0.4) is 0 Å². The predicted octanol–water partition coefficient (Wildman–Crippen LogP) is 9.70. The second kappa shape index (κ2) is 24.7. The van der Waals surface area contributed by atoms with Crippen molar-refractivity contribution in [1.29, 1.82) is 0 Å². The van der Waals surface area contributed by atoms with Gasteiger partial charge in [0, 0.05) is 25.8 Å². The summed E-state index contributed by atoms with van der Waals surface area (Å²) in [5.74, 6) is -2.67. The molecule has 2 aliphatic rings. The van der Waals surface area contributed by atoms with Crippen LogP contribution in [0.5, 0.6) is 6.01 Å². The number of hydrogen-bond donors (Lipinski definition) is 0. The van der Waals surface area contributed by atoms with E-state index in [1.165, 1.54) is 13.8 Å². The average Bonchev–Trinajstić information content (AvgIpc) is 4.48. The van der Waals surface area contributed by atoms with E-state index in [1.54, 1.807) is 22.8 Å². The van der Waals surface area contributed by atoms with Gasteiger partial charge in [0.05, 0.1) is 43.0 Å². The van der Waals surface area contributed by atoms with Crippen molar-refractivity contribution in [2.45, 2.75) is 88.4 Å². The van der Waals surface area contributed by atoms with Gasteiger partial charge in [0.15, 0.2) is 41.4 Å². The summed E-state index contributed by atoms with van der Waals surface area (Å²) < 4.78 is 44.0. The second-order valence-corrected chi connectivity index (χ2v) is 19.5. The third-order valence-electron chi connectivity index (χ3n) is 13.9. The van der Waals surface area contributed by atoms with Crippen LogP contribution in [-0.4, -0.2) is 111 Å². The van der Waals surface area contributed by atoms with Crippen LogP contribution in [0, 0.1) is 9.81 Å². The lowest BCUT2D eigenvalue weighted by molar-refractivity contribution is -0.162. The Morgan fingerprint density at radius 2 is 1.33 bits per heavy atom. The Balaban J connectivity index is 0.833. The van der Waals surface area contributed by atoms with Gasteiger partial charge in [-0.2, -0.15) is 4.98 Å². The number of imidazole rings is 1. The third-order valence-corrected chi connectivity index (χ3v) is 13.9. The molecule has 2 fully saturated rings. The molecule has 0 saturated carbocycles. The molecule has 2 saturated heterocycles. The van der Waals surface area contributed by atoms with Crippen LogP contribution in [0.2, 0.25) is 0 Å². The average molecular weight is 1100 g/mol. The van der Waals surface area contributed by atoms with Crippen molar-refractivity contribution in [3.05, 3.63) is 195 Å². The van der Waals surface area contributed by atoms with Crippen molar-refractivity contribution in [1.82, 2.24) is 29.8 Å². The highest BCUT2D eigenvalue weighted by molar-refractivity contribution is 6.02. The van der Waals surface area contributed by atoms with Gasteiger partial charge in [-0.3, -0.25) is 9.36 Å². The predicted molar refractivity (Wildman–Crippen MR) is 290 cm³/mol. The molecule has 0 N–H and O–H groups in total.